The maximum atomic E-state index is 4.53. The van der Waals surface area contributed by atoms with Gasteiger partial charge in [-0.25, -0.2) is 4.98 Å². The number of benzene rings is 1. The minimum Gasteiger partial charge on any atom is -0.349 e. The zero-order valence-electron chi connectivity index (χ0n) is 16.4. The fourth-order valence-corrected chi connectivity index (χ4v) is 4.40. The molecule has 27 heavy (non-hydrogen) atoms. The Kier molecular flexibility index (Phi) is 8.47. The fraction of sp³-hybridized carbons (Fsp3) is 0.500. The van der Waals surface area contributed by atoms with Crippen molar-refractivity contribution in [1.82, 2.24) is 19.8 Å². The smallest absolute Gasteiger partial charge is 0.194 e. The second-order valence-electron chi connectivity index (χ2n) is 7.20. The summed E-state index contributed by atoms with van der Waals surface area (Å²) in [4.78, 5) is 11.4. The van der Waals surface area contributed by atoms with Crippen LogP contribution in [0.5, 0.6) is 0 Å². The predicted molar refractivity (Wildman–Crippen MR) is 126 cm³/mol. The Labute approximate surface area is 184 Å². The minimum absolute atomic E-state index is 0. The van der Waals surface area contributed by atoms with Gasteiger partial charge < -0.3 is 14.8 Å². The Balaban J connectivity index is 0.00000261. The topological polar surface area (TPSA) is 45.5 Å². The number of nitrogens with one attached hydrogen (secondary N) is 1. The number of aromatic nitrogens is 2. The summed E-state index contributed by atoms with van der Waals surface area (Å²) in [5.74, 6) is 3.16. The summed E-state index contributed by atoms with van der Waals surface area (Å²) in [5.41, 5.74) is 1.35. The van der Waals surface area contributed by atoms with E-state index in [0.717, 1.165) is 43.6 Å². The second kappa shape index (κ2) is 10.4. The SMILES string of the molecule is CN=C(NCc1nccn1CCc1ccccc1)N1CCSC(C)(C)C1.I. The highest BCUT2D eigenvalue weighted by atomic mass is 127. The monoisotopic (exact) mass is 499 g/mol. The molecule has 2 aromatic rings. The predicted octanol–water partition coefficient (Wildman–Crippen LogP) is 3.65. The lowest BCUT2D eigenvalue weighted by Gasteiger charge is -2.39. The number of rotatable bonds is 5. The summed E-state index contributed by atoms with van der Waals surface area (Å²) in [6, 6.07) is 10.6. The van der Waals surface area contributed by atoms with Gasteiger partial charge in [0.1, 0.15) is 5.82 Å². The van der Waals surface area contributed by atoms with Gasteiger partial charge >= 0.3 is 0 Å². The van der Waals surface area contributed by atoms with Crippen molar-refractivity contribution >= 4 is 41.7 Å². The van der Waals surface area contributed by atoms with E-state index in [2.05, 4.69) is 75.1 Å². The Bertz CT molecular complexity index is 729. The van der Waals surface area contributed by atoms with E-state index in [1.165, 1.54) is 5.56 Å². The van der Waals surface area contributed by atoms with Gasteiger partial charge in [-0.1, -0.05) is 30.3 Å². The molecule has 0 unspecified atom stereocenters. The molecule has 0 spiro atoms. The summed E-state index contributed by atoms with van der Waals surface area (Å²) in [6.45, 7) is 8.28. The van der Waals surface area contributed by atoms with Gasteiger partial charge in [0.15, 0.2) is 5.96 Å². The van der Waals surface area contributed by atoms with Gasteiger partial charge in [-0.3, -0.25) is 4.99 Å². The van der Waals surface area contributed by atoms with Gasteiger partial charge in [-0.2, -0.15) is 11.8 Å². The molecule has 0 radical (unpaired) electrons. The van der Waals surface area contributed by atoms with E-state index < -0.39 is 0 Å². The summed E-state index contributed by atoms with van der Waals surface area (Å²) >= 11 is 2.03. The Morgan fingerprint density at radius 1 is 1.30 bits per heavy atom. The summed E-state index contributed by atoms with van der Waals surface area (Å²) in [6.07, 6.45) is 4.95. The zero-order valence-corrected chi connectivity index (χ0v) is 19.5. The minimum atomic E-state index is 0. The van der Waals surface area contributed by atoms with Gasteiger partial charge in [-0.05, 0) is 25.8 Å². The lowest BCUT2D eigenvalue weighted by molar-refractivity contribution is 0.375. The number of aliphatic imine (C=N–C) groups is 1. The third kappa shape index (κ3) is 6.41. The summed E-state index contributed by atoms with van der Waals surface area (Å²) < 4.78 is 2.49. The standard InChI is InChI=1S/C20H29N5S.HI/c1-20(2)16-25(13-14-26-20)19(21-3)23-15-18-22-10-12-24(18)11-9-17-7-5-4-6-8-17;/h4-8,10,12H,9,11,13-16H2,1-3H3,(H,21,23);1H. The molecule has 2 heterocycles. The molecule has 0 atom stereocenters. The lowest BCUT2D eigenvalue weighted by Crippen LogP contribution is -2.50. The quantitative estimate of drug-likeness (QED) is 0.388. The van der Waals surface area contributed by atoms with Crippen LogP contribution in [0.3, 0.4) is 0 Å². The van der Waals surface area contributed by atoms with Crippen LogP contribution in [0.4, 0.5) is 0 Å². The first-order chi connectivity index (χ1) is 12.6. The molecular weight excluding hydrogens is 469 g/mol. The Morgan fingerprint density at radius 2 is 2.07 bits per heavy atom. The van der Waals surface area contributed by atoms with Crippen LogP contribution in [0.2, 0.25) is 0 Å². The van der Waals surface area contributed by atoms with Crippen molar-refractivity contribution in [2.24, 2.45) is 4.99 Å². The van der Waals surface area contributed by atoms with E-state index in [1.807, 2.05) is 25.0 Å². The molecular formula is C20H30IN5S. The van der Waals surface area contributed by atoms with Crippen LogP contribution in [0.15, 0.2) is 47.7 Å². The first kappa shape index (κ1) is 22.1. The number of thioether (sulfide) groups is 1. The van der Waals surface area contributed by atoms with Gasteiger partial charge in [0.05, 0.1) is 6.54 Å². The van der Waals surface area contributed by atoms with E-state index in [4.69, 9.17) is 0 Å². The van der Waals surface area contributed by atoms with Gasteiger partial charge in [0, 0.05) is 49.6 Å². The van der Waals surface area contributed by atoms with Gasteiger partial charge in [0.2, 0.25) is 0 Å². The molecule has 148 valence electrons. The number of aryl methyl sites for hydroxylation is 2. The van der Waals surface area contributed by atoms with Gasteiger partial charge in [-0.15, -0.1) is 24.0 Å². The van der Waals surface area contributed by atoms with Crippen molar-refractivity contribution in [3.8, 4) is 0 Å². The van der Waals surface area contributed by atoms with E-state index in [1.54, 1.807) is 0 Å². The second-order valence-corrected chi connectivity index (χ2v) is 9.01. The number of guanidine groups is 1. The number of hydrogen-bond donors (Lipinski definition) is 1. The van der Waals surface area contributed by atoms with Crippen molar-refractivity contribution in [2.45, 2.75) is 38.1 Å². The molecule has 7 heteroatoms. The number of halogens is 1. The van der Waals surface area contributed by atoms with Crippen LogP contribution in [0.25, 0.3) is 0 Å². The van der Waals surface area contributed by atoms with Crippen LogP contribution in [-0.4, -0.2) is 51.0 Å². The normalized spacial score (nSPS) is 16.7. The number of hydrogen-bond acceptors (Lipinski definition) is 3. The molecule has 1 aromatic carbocycles. The van der Waals surface area contributed by atoms with Crippen molar-refractivity contribution in [1.29, 1.82) is 0 Å². The molecule has 3 rings (SSSR count). The van der Waals surface area contributed by atoms with E-state index in [0.29, 0.717) is 6.54 Å². The fourth-order valence-electron chi connectivity index (χ4n) is 3.29. The first-order valence-corrected chi connectivity index (χ1v) is 10.2. The van der Waals surface area contributed by atoms with E-state index in [9.17, 15) is 0 Å². The molecule has 0 saturated carbocycles. The van der Waals surface area contributed by atoms with E-state index in [-0.39, 0.29) is 28.7 Å². The summed E-state index contributed by atoms with van der Waals surface area (Å²) in [5, 5.41) is 3.50. The molecule has 0 amide bonds. The molecule has 0 bridgehead atoms. The van der Waals surface area contributed by atoms with Crippen LogP contribution in [-0.2, 0) is 19.5 Å². The highest BCUT2D eigenvalue weighted by molar-refractivity contribution is 14.0. The average molecular weight is 499 g/mol. The number of nitrogens with zero attached hydrogens (tertiary/aromatic N) is 4. The molecule has 1 aliphatic heterocycles. The van der Waals surface area contributed by atoms with Crippen molar-refractivity contribution < 1.29 is 0 Å². The lowest BCUT2D eigenvalue weighted by atomic mass is 10.1. The number of imidazole rings is 1. The molecule has 1 saturated heterocycles. The molecule has 5 nitrogen and oxygen atoms in total. The van der Waals surface area contributed by atoms with Crippen LogP contribution in [0.1, 0.15) is 25.2 Å². The third-order valence-electron chi connectivity index (χ3n) is 4.63. The highest BCUT2D eigenvalue weighted by Crippen LogP contribution is 2.29. The molecule has 1 N–H and O–H groups in total. The van der Waals surface area contributed by atoms with Crippen molar-refractivity contribution in [3.05, 3.63) is 54.1 Å². The highest BCUT2D eigenvalue weighted by Gasteiger charge is 2.28. The zero-order chi connectivity index (χ0) is 18.4. The Hall–Kier alpha value is -1.22. The molecule has 1 fully saturated rings. The maximum absolute atomic E-state index is 4.53. The average Bonchev–Trinajstić information content (AvgIpc) is 3.08. The first-order valence-electron chi connectivity index (χ1n) is 9.21. The van der Waals surface area contributed by atoms with Gasteiger partial charge in [0.25, 0.3) is 0 Å². The van der Waals surface area contributed by atoms with E-state index >= 15 is 0 Å². The molecule has 0 aliphatic carbocycles. The maximum Gasteiger partial charge on any atom is 0.194 e. The third-order valence-corrected chi connectivity index (χ3v) is 5.92. The summed E-state index contributed by atoms with van der Waals surface area (Å²) in [7, 11) is 1.86. The van der Waals surface area contributed by atoms with Crippen molar-refractivity contribution in [2.75, 3.05) is 25.9 Å². The Morgan fingerprint density at radius 3 is 2.78 bits per heavy atom. The molecule has 1 aliphatic rings. The molecule has 1 aromatic heterocycles. The largest absolute Gasteiger partial charge is 0.349 e. The van der Waals surface area contributed by atoms with Crippen LogP contribution < -0.4 is 5.32 Å². The van der Waals surface area contributed by atoms with Crippen molar-refractivity contribution in [3.63, 3.8) is 0 Å². The van der Waals surface area contributed by atoms with Crippen LogP contribution in [0, 0.1) is 0 Å². The van der Waals surface area contributed by atoms with Crippen LogP contribution >= 0.6 is 35.7 Å².